The van der Waals surface area contributed by atoms with Crippen molar-refractivity contribution in [1.82, 2.24) is 20.1 Å². The molecule has 138 valence electrons. The Morgan fingerprint density at radius 3 is 2.74 bits per heavy atom. The fraction of sp³-hybridized carbons (Fsp3) is 0.238. The Hall–Kier alpha value is -3.12. The minimum atomic E-state index is -0.429. The van der Waals surface area contributed by atoms with E-state index in [9.17, 15) is 4.79 Å². The van der Waals surface area contributed by atoms with Crippen molar-refractivity contribution < 1.29 is 4.42 Å². The Morgan fingerprint density at radius 1 is 1.19 bits per heavy atom. The Bertz CT molecular complexity index is 1140. The summed E-state index contributed by atoms with van der Waals surface area (Å²) in [6.45, 7) is 6.89. The van der Waals surface area contributed by atoms with E-state index in [1.54, 1.807) is 0 Å². The van der Waals surface area contributed by atoms with E-state index in [4.69, 9.17) is 4.42 Å². The van der Waals surface area contributed by atoms with Crippen molar-refractivity contribution in [1.29, 1.82) is 0 Å². The average molecular weight is 362 g/mol. The zero-order valence-corrected chi connectivity index (χ0v) is 15.6. The van der Waals surface area contributed by atoms with Crippen LogP contribution in [0.25, 0.3) is 16.8 Å². The van der Waals surface area contributed by atoms with Gasteiger partial charge in [0.25, 0.3) is 0 Å². The van der Waals surface area contributed by atoms with Crippen molar-refractivity contribution in [3.05, 3.63) is 81.6 Å². The molecule has 6 heteroatoms. The highest BCUT2D eigenvalue weighted by atomic mass is 16.4. The van der Waals surface area contributed by atoms with Crippen molar-refractivity contribution in [3.8, 4) is 5.69 Å². The van der Waals surface area contributed by atoms with Crippen LogP contribution in [0.3, 0.4) is 0 Å². The highest BCUT2D eigenvalue weighted by molar-refractivity contribution is 5.72. The summed E-state index contributed by atoms with van der Waals surface area (Å²) in [7, 11) is 0. The summed E-state index contributed by atoms with van der Waals surface area (Å²) in [5.74, 6) is -0.429. The van der Waals surface area contributed by atoms with Gasteiger partial charge >= 0.3 is 5.76 Å². The molecule has 1 atom stereocenters. The van der Waals surface area contributed by atoms with Gasteiger partial charge < -0.3 is 9.73 Å². The van der Waals surface area contributed by atoms with Crippen LogP contribution in [0.2, 0.25) is 0 Å². The Balaban J connectivity index is 1.48. The topological polar surface area (TPSA) is 75.8 Å². The second-order valence-corrected chi connectivity index (χ2v) is 6.89. The number of aromatic amines is 1. The van der Waals surface area contributed by atoms with E-state index in [1.165, 1.54) is 5.56 Å². The van der Waals surface area contributed by atoms with Crippen molar-refractivity contribution in [2.75, 3.05) is 0 Å². The first-order chi connectivity index (χ1) is 13.0. The largest absolute Gasteiger partial charge is 0.417 e. The van der Waals surface area contributed by atoms with E-state index in [1.807, 2.05) is 29.8 Å². The van der Waals surface area contributed by atoms with Gasteiger partial charge in [-0.1, -0.05) is 23.8 Å². The number of hydrogen-bond acceptors (Lipinski definition) is 4. The fourth-order valence-electron chi connectivity index (χ4n) is 3.11. The Morgan fingerprint density at radius 2 is 1.96 bits per heavy atom. The predicted octanol–water partition coefficient (Wildman–Crippen LogP) is 3.77. The molecule has 4 rings (SSSR count). The number of nitrogens with zero attached hydrogens (tertiary/aromatic N) is 2. The molecule has 0 fully saturated rings. The first-order valence-corrected chi connectivity index (χ1v) is 8.98. The molecular weight excluding hydrogens is 340 g/mol. The van der Waals surface area contributed by atoms with Gasteiger partial charge in [-0.05, 0) is 50.6 Å². The van der Waals surface area contributed by atoms with Gasteiger partial charge in [-0.2, -0.15) is 5.10 Å². The lowest BCUT2D eigenvalue weighted by molar-refractivity contribution is 0.550. The van der Waals surface area contributed by atoms with Gasteiger partial charge in [-0.3, -0.25) is 4.98 Å². The summed E-state index contributed by atoms with van der Waals surface area (Å²) in [6.07, 6.45) is 2.06. The lowest BCUT2D eigenvalue weighted by Crippen LogP contribution is -2.18. The summed E-state index contributed by atoms with van der Waals surface area (Å²) in [5, 5.41) is 8.15. The molecular formula is C21H22N4O2. The molecule has 0 saturated heterocycles. The minimum absolute atomic E-state index is 0.108. The molecule has 0 aliphatic heterocycles. The maximum absolute atomic E-state index is 11.3. The van der Waals surface area contributed by atoms with E-state index in [0.717, 1.165) is 22.5 Å². The number of rotatable bonds is 5. The van der Waals surface area contributed by atoms with Gasteiger partial charge in [-0.15, -0.1) is 0 Å². The summed E-state index contributed by atoms with van der Waals surface area (Å²) in [6, 6.07) is 14.2. The van der Waals surface area contributed by atoms with Crippen LogP contribution in [0.4, 0.5) is 0 Å². The van der Waals surface area contributed by atoms with E-state index < -0.39 is 5.76 Å². The molecule has 2 aromatic carbocycles. The Labute approximate surface area is 156 Å². The van der Waals surface area contributed by atoms with Gasteiger partial charge in [-0.25, -0.2) is 9.48 Å². The molecule has 6 nitrogen and oxygen atoms in total. The second-order valence-electron chi connectivity index (χ2n) is 6.89. The lowest BCUT2D eigenvalue weighted by atomic mass is 10.1. The molecule has 0 aliphatic carbocycles. The second kappa shape index (κ2) is 6.89. The molecule has 0 saturated carbocycles. The molecule has 0 amide bonds. The van der Waals surface area contributed by atoms with E-state index in [-0.39, 0.29) is 6.04 Å². The molecule has 1 unspecified atom stereocenters. The number of aromatic nitrogens is 3. The van der Waals surface area contributed by atoms with Crippen LogP contribution < -0.4 is 11.1 Å². The monoisotopic (exact) mass is 362 g/mol. The number of H-pyrrole nitrogens is 1. The van der Waals surface area contributed by atoms with E-state index in [2.05, 4.69) is 59.7 Å². The van der Waals surface area contributed by atoms with Crippen LogP contribution in [0.1, 0.15) is 35.3 Å². The summed E-state index contributed by atoms with van der Waals surface area (Å²) in [5.41, 5.74) is 6.79. The van der Waals surface area contributed by atoms with Crippen LogP contribution in [-0.2, 0) is 6.54 Å². The number of hydrogen-bond donors (Lipinski definition) is 2. The molecule has 4 aromatic rings. The highest BCUT2D eigenvalue weighted by Gasteiger charge is 2.11. The third kappa shape index (κ3) is 3.57. The van der Waals surface area contributed by atoms with Crippen molar-refractivity contribution in [2.45, 2.75) is 33.4 Å². The van der Waals surface area contributed by atoms with Gasteiger partial charge in [0.2, 0.25) is 0 Å². The first kappa shape index (κ1) is 17.3. The number of aryl methyl sites for hydroxylation is 2. The minimum Gasteiger partial charge on any atom is -0.408 e. The normalized spacial score (nSPS) is 12.6. The van der Waals surface area contributed by atoms with Gasteiger partial charge in [0, 0.05) is 24.3 Å². The van der Waals surface area contributed by atoms with Crippen LogP contribution in [0.5, 0.6) is 0 Å². The van der Waals surface area contributed by atoms with Crippen molar-refractivity contribution in [3.63, 3.8) is 0 Å². The number of benzene rings is 2. The van der Waals surface area contributed by atoms with E-state index in [0.29, 0.717) is 17.6 Å². The molecule has 0 aliphatic rings. The molecule has 27 heavy (non-hydrogen) atoms. The SMILES string of the molecule is Cc1ccc(-n2cc(CNC(C)c3ccc4[nH]c(=O)oc4c3)c(C)n2)cc1. The summed E-state index contributed by atoms with van der Waals surface area (Å²) in [4.78, 5) is 14.0. The van der Waals surface area contributed by atoms with Crippen molar-refractivity contribution in [2.24, 2.45) is 0 Å². The van der Waals surface area contributed by atoms with Crippen LogP contribution in [-0.4, -0.2) is 14.8 Å². The Kier molecular flexibility index (Phi) is 4.41. The number of nitrogens with one attached hydrogen (secondary N) is 2. The third-order valence-electron chi connectivity index (χ3n) is 4.84. The smallest absolute Gasteiger partial charge is 0.408 e. The van der Waals surface area contributed by atoms with Crippen LogP contribution in [0, 0.1) is 13.8 Å². The predicted molar refractivity (Wildman–Crippen MR) is 105 cm³/mol. The highest BCUT2D eigenvalue weighted by Crippen LogP contribution is 2.19. The van der Waals surface area contributed by atoms with E-state index >= 15 is 0 Å². The summed E-state index contributed by atoms with van der Waals surface area (Å²) < 4.78 is 7.06. The van der Waals surface area contributed by atoms with Gasteiger partial charge in [0.15, 0.2) is 5.58 Å². The first-order valence-electron chi connectivity index (χ1n) is 8.98. The number of fused-ring (bicyclic) bond motifs is 1. The lowest BCUT2D eigenvalue weighted by Gasteiger charge is -2.13. The quantitative estimate of drug-likeness (QED) is 0.567. The van der Waals surface area contributed by atoms with Crippen molar-refractivity contribution >= 4 is 11.1 Å². The molecule has 0 spiro atoms. The zero-order chi connectivity index (χ0) is 19.0. The maximum atomic E-state index is 11.3. The molecule has 2 aromatic heterocycles. The molecule has 0 radical (unpaired) electrons. The molecule has 2 N–H and O–H groups in total. The van der Waals surface area contributed by atoms with Gasteiger partial charge in [0.1, 0.15) is 0 Å². The van der Waals surface area contributed by atoms with Gasteiger partial charge in [0.05, 0.1) is 16.9 Å². The third-order valence-corrected chi connectivity index (χ3v) is 4.84. The zero-order valence-electron chi connectivity index (χ0n) is 15.6. The average Bonchev–Trinajstić information content (AvgIpc) is 3.21. The maximum Gasteiger partial charge on any atom is 0.417 e. The van der Waals surface area contributed by atoms with Crippen LogP contribution >= 0.6 is 0 Å². The fourth-order valence-corrected chi connectivity index (χ4v) is 3.11. The van der Waals surface area contributed by atoms with Crippen LogP contribution in [0.15, 0.2) is 57.9 Å². The standard InChI is InChI=1S/C21H22N4O2/c1-13-4-7-18(8-5-13)25-12-17(15(3)24-25)11-22-14(2)16-6-9-19-20(10-16)27-21(26)23-19/h4-10,12,14,22H,11H2,1-3H3,(H,23,26). The number of oxazole rings is 1. The summed E-state index contributed by atoms with van der Waals surface area (Å²) >= 11 is 0. The molecule has 0 bridgehead atoms. The molecule has 2 heterocycles.